The third kappa shape index (κ3) is 3.15. The van der Waals surface area contributed by atoms with E-state index in [1.54, 1.807) is 30.3 Å². The number of hydrogen-bond donors (Lipinski definition) is 3. The van der Waals surface area contributed by atoms with Gasteiger partial charge in [-0.05, 0) is 47.5 Å². The highest BCUT2D eigenvalue weighted by Crippen LogP contribution is 2.27. The topological polar surface area (TPSA) is 52.5 Å². The van der Waals surface area contributed by atoms with E-state index in [0.717, 1.165) is 22.5 Å². The van der Waals surface area contributed by atoms with Crippen molar-refractivity contribution in [1.82, 2.24) is 0 Å². The quantitative estimate of drug-likeness (QED) is 0.660. The van der Waals surface area contributed by atoms with Crippen LogP contribution in [-0.2, 0) is 0 Å². The average molecular weight is 277 g/mol. The maximum Gasteiger partial charge on any atom is 0.117 e. The molecular formula is C18H15NO2. The smallest absolute Gasteiger partial charge is 0.117 e. The number of hydrogen-bond acceptors (Lipinski definition) is 3. The second-order valence-electron chi connectivity index (χ2n) is 4.81. The zero-order valence-electron chi connectivity index (χ0n) is 11.3. The number of aromatic hydroxyl groups is 2. The Morgan fingerprint density at radius 1 is 0.571 bits per heavy atom. The van der Waals surface area contributed by atoms with Gasteiger partial charge in [-0.25, -0.2) is 0 Å². The Bertz CT molecular complexity index is 768. The summed E-state index contributed by atoms with van der Waals surface area (Å²) in [5.41, 5.74) is 3.70. The van der Waals surface area contributed by atoms with E-state index in [9.17, 15) is 10.2 Å². The first kappa shape index (κ1) is 13.1. The summed E-state index contributed by atoms with van der Waals surface area (Å²) >= 11 is 0. The van der Waals surface area contributed by atoms with Crippen LogP contribution < -0.4 is 5.32 Å². The van der Waals surface area contributed by atoms with Crippen LogP contribution in [0.3, 0.4) is 0 Å². The molecule has 3 heteroatoms. The minimum atomic E-state index is 0.226. The predicted molar refractivity (Wildman–Crippen MR) is 84.9 cm³/mol. The van der Waals surface area contributed by atoms with Crippen molar-refractivity contribution in [3.05, 3.63) is 72.8 Å². The Labute approximate surface area is 123 Å². The average Bonchev–Trinajstić information content (AvgIpc) is 2.47. The lowest BCUT2D eigenvalue weighted by atomic mass is 10.0. The van der Waals surface area contributed by atoms with Crippen LogP contribution in [-0.4, -0.2) is 10.2 Å². The molecule has 0 aliphatic carbocycles. The van der Waals surface area contributed by atoms with Crippen molar-refractivity contribution in [3.63, 3.8) is 0 Å². The molecule has 0 spiro atoms. The van der Waals surface area contributed by atoms with Crippen LogP contribution in [0.5, 0.6) is 11.5 Å². The van der Waals surface area contributed by atoms with Gasteiger partial charge in [0.25, 0.3) is 0 Å². The van der Waals surface area contributed by atoms with Gasteiger partial charge >= 0.3 is 0 Å². The first-order valence-electron chi connectivity index (χ1n) is 6.66. The molecule has 0 aliphatic rings. The largest absolute Gasteiger partial charge is 0.508 e. The second-order valence-corrected chi connectivity index (χ2v) is 4.81. The molecule has 3 rings (SSSR count). The van der Waals surface area contributed by atoms with Crippen molar-refractivity contribution in [3.8, 4) is 22.6 Å². The standard InChI is InChI=1S/C18H15NO2/c20-17-8-2-5-14(11-17)13-4-1-6-15(10-13)19-16-7-3-9-18(21)12-16/h1-12,19-21H. The van der Waals surface area contributed by atoms with E-state index in [0.29, 0.717) is 0 Å². The summed E-state index contributed by atoms with van der Waals surface area (Å²) in [5, 5.41) is 22.3. The van der Waals surface area contributed by atoms with Gasteiger partial charge in [-0.15, -0.1) is 0 Å². The van der Waals surface area contributed by atoms with Gasteiger partial charge in [0.05, 0.1) is 0 Å². The first-order chi connectivity index (χ1) is 10.2. The Morgan fingerprint density at radius 2 is 1.10 bits per heavy atom. The Morgan fingerprint density at radius 3 is 1.76 bits per heavy atom. The van der Waals surface area contributed by atoms with Gasteiger partial charge in [0.1, 0.15) is 11.5 Å². The van der Waals surface area contributed by atoms with Crippen LogP contribution in [0.4, 0.5) is 11.4 Å². The molecule has 3 aromatic carbocycles. The van der Waals surface area contributed by atoms with Gasteiger partial charge < -0.3 is 15.5 Å². The van der Waals surface area contributed by atoms with E-state index in [-0.39, 0.29) is 11.5 Å². The molecular weight excluding hydrogens is 262 g/mol. The Kier molecular flexibility index (Phi) is 3.48. The van der Waals surface area contributed by atoms with Gasteiger partial charge in [0, 0.05) is 17.4 Å². The lowest BCUT2D eigenvalue weighted by molar-refractivity contribution is 0.475. The maximum absolute atomic E-state index is 9.57. The molecule has 0 aromatic heterocycles. The number of nitrogens with one attached hydrogen (secondary N) is 1. The van der Waals surface area contributed by atoms with Crippen molar-refractivity contribution in [1.29, 1.82) is 0 Å². The molecule has 104 valence electrons. The molecule has 0 fully saturated rings. The molecule has 0 aliphatic heterocycles. The second kappa shape index (κ2) is 5.59. The number of phenols is 2. The summed E-state index contributed by atoms with van der Waals surface area (Å²) in [6.45, 7) is 0. The van der Waals surface area contributed by atoms with Gasteiger partial charge in [0.15, 0.2) is 0 Å². The SMILES string of the molecule is Oc1cccc(Nc2cccc(-c3cccc(O)c3)c2)c1. The summed E-state index contributed by atoms with van der Waals surface area (Å²) in [7, 11) is 0. The van der Waals surface area contributed by atoms with Crippen LogP contribution in [0, 0.1) is 0 Å². The molecule has 0 heterocycles. The summed E-state index contributed by atoms with van der Waals surface area (Å²) in [6.07, 6.45) is 0. The normalized spacial score (nSPS) is 10.3. The fraction of sp³-hybridized carbons (Fsp3) is 0. The predicted octanol–water partition coefficient (Wildman–Crippen LogP) is 4.51. The number of benzene rings is 3. The summed E-state index contributed by atoms with van der Waals surface area (Å²) in [5.74, 6) is 0.475. The summed E-state index contributed by atoms with van der Waals surface area (Å²) in [6, 6.07) is 22.0. The lowest BCUT2D eigenvalue weighted by Gasteiger charge is -2.09. The molecule has 0 saturated heterocycles. The van der Waals surface area contributed by atoms with Crippen molar-refractivity contribution < 1.29 is 10.2 Å². The van der Waals surface area contributed by atoms with Crippen LogP contribution in [0.15, 0.2) is 72.8 Å². The molecule has 0 radical (unpaired) electrons. The molecule has 0 saturated carbocycles. The molecule has 0 amide bonds. The monoisotopic (exact) mass is 277 g/mol. The molecule has 3 aromatic rings. The van der Waals surface area contributed by atoms with E-state index in [4.69, 9.17) is 0 Å². The highest BCUT2D eigenvalue weighted by Gasteiger charge is 2.01. The van der Waals surface area contributed by atoms with E-state index in [1.165, 1.54) is 0 Å². The molecule has 3 N–H and O–H groups in total. The van der Waals surface area contributed by atoms with Crippen LogP contribution in [0.2, 0.25) is 0 Å². The highest BCUT2D eigenvalue weighted by atomic mass is 16.3. The van der Waals surface area contributed by atoms with E-state index in [2.05, 4.69) is 5.32 Å². The molecule has 0 atom stereocenters. The van der Waals surface area contributed by atoms with Crippen molar-refractivity contribution in [2.24, 2.45) is 0 Å². The van der Waals surface area contributed by atoms with Gasteiger partial charge in [0.2, 0.25) is 0 Å². The molecule has 0 unspecified atom stereocenters. The zero-order chi connectivity index (χ0) is 14.7. The molecule has 21 heavy (non-hydrogen) atoms. The van der Waals surface area contributed by atoms with Crippen molar-refractivity contribution in [2.45, 2.75) is 0 Å². The number of rotatable bonds is 3. The van der Waals surface area contributed by atoms with Crippen molar-refractivity contribution in [2.75, 3.05) is 5.32 Å². The zero-order valence-corrected chi connectivity index (χ0v) is 11.3. The number of anilines is 2. The van der Waals surface area contributed by atoms with Gasteiger partial charge in [-0.2, -0.15) is 0 Å². The summed E-state index contributed by atoms with van der Waals surface area (Å²) < 4.78 is 0. The number of phenolic OH excluding ortho intramolecular Hbond substituents is 2. The van der Waals surface area contributed by atoms with E-state index in [1.807, 2.05) is 42.5 Å². The van der Waals surface area contributed by atoms with Crippen LogP contribution >= 0.6 is 0 Å². The summed E-state index contributed by atoms with van der Waals surface area (Å²) in [4.78, 5) is 0. The fourth-order valence-corrected chi connectivity index (χ4v) is 2.21. The minimum Gasteiger partial charge on any atom is -0.508 e. The minimum absolute atomic E-state index is 0.226. The third-order valence-corrected chi connectivity index (χ3v) is 3.18. The van der Waals surface area contributed by atoms with E-state index < -0.39 is 0 Å². The van der Waals surface area contributed by atoms with Gasteiger partial charge in [-0.1, -0.05) is 30.3 Å². The van der Waals surface area contributed by atoms with Crippen LogP contribution in [0.1, 0.15) is 0 Å². The Balaban J connectivity index is 1.90. The Hall–Kier alpha value is -2.94. The van der Waals surface area contributed by atoms with Gasteiger partial charge in [-0.3, -0.25) is 0 Å². The van der Waals surface area contributed by atoms with Crippen molar-refractivity contribution >= 4 is 11.4 Å². The first-order valence-corrected chi connectivity index (χ1v) is 6.66. The lowest BCUT2D eigenvalue weighted by Crippen LogP contribution is -1.90. The molecule has 3 nitrogen and oxygen atoms in total. The fourth-order valence-electron chi connectivity index (χ4n) is 2.21. The van der Waals surface area contributed by atoms with Crippen LogP contribution in [0.25, 0.3) is 11.1 Å². The van der Waals surface area contributed by atoms with E-state index >= 15 is 0 Å². The molecule has 0 bridgehead atoms. The maximum atomic E-state index is 9.57. The highest BCUT2D eigenvalue weighted by molar-refractivity contribution is 5.71. The third-order valence-electron chi connectivity index (χ3n) is 3.18.